The number of piperidine rings is 3. The fraction of sp³-hybridized carbons (Fsp3) is 0.474. The predicted molar refractivity (Wildman–Crippen MR) is 93.5 cm³/mol. The summed E-state index contributed by atoms with van der Waals surface area (Å²) < 4.78 is 11.1. The second kappa shape index (κ2) is 6.52. The highest BCUT2D eigenvalue weighted by atomic mass is 16.5. The van der Waals surface area contributed by atoms with Crippen molar-refractivity contribution in [2.45, 2.75) is 31.8 Å². The van der Waals surface area contributed by atoms with Crippen molar-refractivity contribution in [3.05, 3.63) is 36.4 Å². The quantitative estimate of drug-likeness (QED) is 0.926. The molecule has 1 amide bonds. The number of aromatic nitrogens is 1. The summed E-state index contributed by atoms with van der Waals surface area (Å²) in [6, 6.07) is 8.05. The van der Waals surface area contributed by atoms with Gasteiger partial charge in [0.1, 0.15) is 5.75 Å². The van der Waals surface area contributed by atoms with Crippen molar-refractivity contribution in [1.29, 1.82) is 0 Å². The summed E-state index contributed by atoms with van der Waals surface area (Å²) in [6.07, 6.45) is 3.87. The summed E-state index contributed by atoms with van der Waals surface area (Å²) in [5, 5.41) is 3.14. The molecule has 0 aliphatic carbocycles. The molecule has 0 saturated carbocycles. The number of hydrogen-bond donors (Lipinski definition) is 1. The minimum Gasteiger partial charge on any atom is -0.496 e. The van der Waals surface area contributed by atoms with Crippen LogP contribution in [0.2, 0.25) is 0 Å². The Morgan fingerprint density at radius 2 is 2.08 bits per heavy atom. The topological polar surface area (TPSA) is 67.6 Å². The van der Waals surface area contributed by atoms with E-state index in [2.05, 4.69) is 22.1 Å². The molecule has 3 saturated heterocycles. The van der Waals surface area contributed by atoms with E-state index >= 15 is 0 Å². The molecule has 1 aromatic heterocycles. The van der Waals surface area contributed by atoms with Crippen molar-refractivity contribution in [2.24, 2.45) is 5.92 Å². The molecule has 1 N–H and O–H groups in total. The molecular weight excluding hydrogens is 318 g/mol. The van der Waals surface area contributed by atoms with Gasteiger partial charge in [0.25, 0.3) is 5.89 Å². The molecule has 0 unspecified atom stereocenters. The van der Waals surface area contributed by atoms with E-state index in [0.29, 0.717) is 23.5 Å². The number of para-hydroxylation sites is 1. The van der Waals surface area contributed by atoms with Crippen LogP contribution >= 0.6 is 0 Å². The Hall–Kier alpha value is -2.34. The first-order valence-corrected chi connectivity index (χ1v) is 8.81. The number of ether oxygens (including phenoxy) is 1. The van der Waals surface area contributed by atoms with Crippen LogP contribution in [-0.4, -0.2) is 48.1 Å². The van der Waals surface area contributed by atoms with Crippen molar-refractivity contribution >= 4 is 5.91 Å². The van der Waals surface area contributed by atoms with Crippen LogP contribution in [0.25, 0.3) is 11.3 Å². The number of fused-ring (bicyclic) bond motifs is 3. The number of rotatable bonds is 4. The van der Waals surface area contributed by atoms with Gasteiger partial charge in [-0.2, -0.15) is 0 Å². The van der Waals surface area contributed by atoms with Gasteiger partial charge in [-0.25, -0.2) is 4.98 Å². The molecule has 25 heavy (non-hydrogen) atoms. The average Bonchev–Trinajstić information content (AvgIpc) is 3.15. The summed E-state index contributed by atoms with van der Waals surface area (Å²) in [7, 11) is 1.61. The second-order valence-electron chi connectivity index (χ2n) is 6.84. The van der Waals surface area contributed by atoms with Gasteiger partial charge in [0, 0.05) is 12.1 Å². The van der Waals surface area contributed by atoms with Gasteiger partial charge in [0.05, 0.1) is 18.9 Å². The van der Waals surface area contributed by atoms with Gasteiger partial charge in [-0.05, 0) is 50.9 Å². The van der Waals surface area contributed by atoms with Crippen LogP contribution in [-0.2, 0) is 0 Å². The number of oxazole rings is 1. The molecule has 0 spiro atoms. The van der Waals surface area contributed by atoms with Gasteiger partial charge < -0.3 is 14.5 Å². The average molecular weight is 341 g/mol. The van der Waals surface area contributed by atoms with E-state index in [1.165, 1.54) is 0 Å². The number of benzene rings is 1. The van der Waals surface area contributed by atoms with Crippen molar-refractivity contribution in [2.75, 3.05) is 20.2 Å². The van der Waals surface area contributed by atoms with E-state index in [1.807, 2.05) is 24.3 Å². The molecule has 3 aliphatic rings. The minimum atomic E-state index is -0.244. The monoisotopic (exact) mass is 341 g/mol. The first-order chi connectivity index (χ1) is 12.2. The van der Waals surface area contributed by atoms with Crippen molar-refractivity contribution in [1.82, 2.24) is 15.2 Å². The van der Waals surface area contributed by atoms with Crippen LogP contribution in [0.4, 0.5) is 0 Å². The Morgan fingerprint density at radius 3 is 2.80 bits per heavy atom. The Bertz CT molecular complexity index is 763. The number of carbonyl (C=O) groups is 1. The number of methoxy groups -OCH3 is 1. The molecule has 5 rings (SSSR count). The predicted octanol–water partition coefficient (Wildman–Crippen LogP) is 2.56. The van der Waals surface area contributed by atoms with Crippen molar-refractivity contribution < 1.29 is 13.9 Å². The molecule has 6 nitrogen and oxygen atoms in total. The van der Waals surface area contributed by atoms with Gasteiger partial charge in [0.2, 0.25) is 0 Å². The number of nitrogens with one attached hydrogen (secondary N) is 1. The maximum Gasteiger partial charge on any atom is 0.307 e. The van der Waals surface area contributed by atoms with Gasteiger partial charge in [-0.15, -0.1) is 0 Å². The van der Waals surface area contributed by atoms with Crippen LogP contribution in [0, 0.1) is 5.92 Å². The van der Waals surface area contributed by atoms with Crippen LogP contribution in [0.5, 0.6) is 5.75 Å². The van der Waals surface area contributed by atoms with Crippen molar-refractivity contribution in [3.8, 4) is 17.1 Å². The first kappa shape index (κ1) is 16.1. The minimum absolute atomic E-state index is 0.101. The highest BCUT2D eigenvalue weighted by molar-refractivity contribution is 5.90. The Kier molecular flexibility index (Phi) is 4.21. The van der Waals surface area contributed by atoms with Crippen LogP contribution in [0.1, 0.15) is 30.5 Å². The zero-order chi connectivity index (χ0) is 17.4. The second-order valence-corrected chi connectivity index (χ2v) is 6.84. The molecule has 132 valence electrons. The maximum atomic E-state index is 12.6. The van der Waals surface area contributed by atoms with E-state index in [9.17, 15) is 4.79 Å². The molecule has 0 radical (unpaired) electrons. The lowest BCUT2D eigenvalue weighted by Crippen LogP contribution is -2.62. The largest absolute Gasteiger partial charge is 0.496 e. The summed E-state index contributed by atoms with van der Waals surface area (Å²) >= 11 is 0. The van der Waals surface area contributed by atoms with E-state index in [0.717, 1.165) is 31.5 Å². The molecule has 2 aromatic rings. The van der Waals surface area contributed by atoms with Gasteiger partial charge >= 0.3 is 5.91 Å². The number of nitrogens with zero attached hydrogens (tertiary/aromatic N) is 2. The molecule has 3 fully saturated rings. The number of amides is 1. The zero-order valence-corrected chi connectivity index (χ0v) is 14.6. The summed E-state index contributed by atoms with van der Waals surface area (Å²) in [5.74, 6) is 1.63. The normalized spacial score (nSPS) is 27.9. The molecule has 2 bridgehead atoms. The lowest BCUT2D eigenvalue weighted by molar-refractivity contribution is 0.0210. The smallest absolute Gasteiger partial charge is 0.307 e. The molecule has 3 aliphatic heterocycles. The van der Waals surface area contributed by atoms with Gasteiger partial charge in [-0.3, -0.25) is 9.69 Å². The Balaban J connectivity index is 1.51. The van der Waals surface area contributed by atoms with E-state index < -0.39 is 0 Å². The lowest BCUT2D eigenvalue weighted by atomic mass is 9.79. The third kappa shape index (κ3) is 2.91. The van der Waals surface area contributed by atoms with Crippen LogP contribution in [0.3, 0.4) is 0 Å². The Labute approximate surface area is 147 Å². The van der Waals surface area contributed by atoms with Gasteiger partial charge in [-0.1, -0.05) is 12.1 Å². The third-order valence-electron chi connectivity index (χ3n) is 5.55. The zero-order valence-electron chi connectivity index (χ0n) is 14.6. The van der Waals surface area contributed by atoms with Crippen molar-refractivity contribution in [3.63, 3.8) is 0 Å². The summed E-state index contributed by atoms with van der Waals surface area (Å²) in [5.41, 5.74) is 0.785. The molecular formula is C19H23N3O3. The molecule has 4 heterocycles. The van der Waals surface area contributed by atoms with Crippen LogP contribution < -0.4 is 10.1 Å². The lowest BCUT2D eigenvalue weighted by Gasteiger charge is -2.49. The summed E-state index contributed by atoms with van der Waals surface area (Å²) in [6.45, 7) is 4.45. The van der Waals surface area contributed by atoms with E-state index in [1.54, 1.807) is 13.3 Å². The Morgan fingerprint density at radius 1 is 1.32 bits per heavy atom. The molecule has 6 heteroatoms. The fourth-order valence-electron chi connectivity index (χ4n) is 4.11. The van der Waals surface area contributed by atoms with E-state index in [-0.39, 0.29) is 17.8 Å². The summed E-state index contributed by atoms with van der Waals surface area (Å²) in [4.78, 5) is 19.2. The van der Waals surface area contributed by atoms with Crippen LogP contribution in [0.15, 0.2) is 34.9 Å². The standard InChI is InChI=1S/C19H23N3O3/c1-12-17(13-7-9-22(12)10-8-13)21-18(23)19-20-11-16(25-19)14-5-3-4-6-15(14)24-2/h3-6,11-13,17H,7-10H2,1-2H3,(H,21,23)/t12-,17-/m0/s1. The van der Waals surface area contributed by atoms with Gasteiger partial charge in [0.15, 0.2) is 5.76 Å². The maximum absolute atomic E-state index is 12.6. The number of carbonyl (C=O) groups excluding carboxylic acids is 1. The molecule has 1 aromatic carbocycles. The number of hydrogen-bond acceptors (Lipinski definition) is 5. The first-order valence-electron chi connectivity index (χ1n) is 8.81. The highest BCUT2D eigenvalue weighted by Gasteiger charge is 2.40. The fourth-order valence-corrected chi connectivity index (χ4v) is 4.11. The highest BCUT2D eigenvalue weighted by Crippen LogP contribution is 2.33. The molecule has 2 atom stereocenters. The van der Waals surface area contributed by atoms with E-state index in [4.69, 9.17) is 9.15 Å². The third-order valence-corrected chi connectivity index (χ3v) is 5.55. The SMILES string of the molecule is COc1ccccc1-c1cnc(C(=O)N[C@@H]2C3CCN(CC3)[C@H]2C)o1.